The highest BCUT2D eigenvalue weighted by atomic mass is 79.9. The van der Waals surface area contributed by atoms with Crippen LogP contribution in [-0.4, -0.2) is 9.67 Å². The molecule has 1 aliphatic rings. The highest BCUT2D eigenvalue weighted by molar-refractivity contribution is 9.10. The van der Waals surface area contributed by atoms with Gasteiger partial charge in [-0.15, -0.1) is 0 Å². The first kappa shape index (κ1) is 15.5. The molecule has 122 valence electrons. The SMILES string of the molecule is CC1(C)c2cc(Cl)ccc2-n2c1cc1oc(=O)c(Br)c(O)c1c2=O. The van der Waals surface area contributed by atoms with Gasteiger partial charge in [-0.2, -0.15) is 0 Å². The lowest BCUT2D eigenvalue weighted by molar-refractivity contribution is 0.461. The van der Waals surface area contributed by atoms with Crippen molar-refractivity contribution in [3.05, 3.63) is 65.8 Å². The number of rotatable bonds is 0. The lowest BCUT2D eigenvalue weighted by atomic mass is 9.83. The molecule has 0 spiro atoms. The molecule has 0 saturated heterocycles. The molecule has 0 aliphatic carbocycles. The Morgan fingerprint density at radius 1 is 1.25 bits per heavy atom. The Labute approximate surface area is 149 Å². The van der Waals surface area contributed by atoms with E-state index >= 15 is 0 Å². The van der Waals surface area contributed by atoms with Gasteiger partial charge in [-0.05, 0) is 39.7 Å². The summed E-state index contributed by atoms with van der Waals surface area (Å²) in [6.07, 6.45) is 0. The molecule has 0 unspecified atom stereocenters. The van der Waals surface area contributed by atoms with Gasteiger partial charge in [0.15, 0.2) is 5.75 Å². The minimum atomic E-state index is -0.735. The van der Waals surface area contributed by atoms with Crippen LogP contribution in [0.3, 0.4) is 0 Å². The average Bonchev–Trinajstić information content (AvgIpc) is 2.73. The number of hydrogen-bond donors (Lipinski definition) is 1. The zero-order chi connectivity index (χ0) is 17.4. The van der Waals surface area contributed by atoms with Crippen molar-refractivity contribution in [3.63, 3.8) is 0 Å². The summed E-state index contributed by atoms with van der Waals surface area (Å²) in [4.78, 5) is 24.8. The van der Waals surface area contributed by atoms with E-state index in [-0.39, 0.29) is 15.4 Å². The standard InChI is InChI=1S/C17H11BrClNO4/c1-17(2)8-5-7(19)3-4-9(8)20-11(17)6-10-12(15(20)22)14(21)13(18)16(23)24-10/h3-6,21H,1-2H3. The zero-order valence-corrected chi connectivity index (χ0v) is 15.0. The molecule has 1 N–H and O–H groups in total. The molecular weight excluding hydrogens is 398 g/mol. The summed E-state index contributed by atoms with van der Waals surface area (Å²) in [5.41, 5.74) is 0.635. The molecular formula is C17H11BrClNO4. The molecule has 0 fully saturated rings. The number of aromatic hydroxyl groups is 1. The predicted molar refractivity (Wildman–Crippen MR) is 94.6 cm³/mol. The third-order valence-corrected chi connectivity index (χ3v) is 5.45. The van der Waals surface area contributed by atoms with Gasteiger partial charge in [0.05, 0.1) is 5.69 Å². The first-order chi connectivity index (χ1) is 11.2. The first-order valence-corrected chi connectivity index (χ1v) is 8.33. The smallest absolute Gasteiger partial charge is 0.354 e. The number of aromatic nitrogens is 1. The molecule has 0 radical (unpaired) electrons. The van der Waals surface area contributed by atoms with Gasteiger partial charge in [-0.1, -0.05) is 25.4 Å². The fourth-order valence-corrected chi connectivity index (χ4v) is 3.73. The van der Waals surface area contributed by atoms with Crippen LogP contribution in [0.4, 0.5) is 0 Å². The van der Waals surface area contributed by atoms with Gasteiger partial charge in [0.25, 0.3) is 5.56 Å². The molecule has 3 aromatic rings. The fourth-order valence-electron chi connectivity index (χ4n) is 3.28. The van der Waals surface area contributed by atoms with Crippen molar-refractivity contribution in [1.29, 1.82) is 0 Å². The Bertz CT molecular complexity index is 1160. The third kappa shape index (κ3) is 1.81. The maximum Gasteiger partial charge on any atom is 0.354 e. The van der Waals surface area contributed by atoms with Crippen LogP contribution in [-0.2, 0) is 5.41 Å². The Kier molecular flexibility index (Phi) is 3.06. The largest absolute Gasteiger partial charge is 0.506 e. The quantitative estimate of drug-likeness (QED) is 0.615. The molecule has 24 heavy (non-hydrogen) atoms. The molecule has 0 amide bonds. The van der Waals surface area contributed by atoms with Crippen LogP contribution >= 0.6 is 27.5 Å². The summed E-state index contributed by atoms with van der Waals surface area (Å²) in [5.74, 6) is -0.415. The summed E-state index contributed by atoms with van der Waals surface area (Å²) in [6, 6.07) is 6.93. The van der Waals surface area contributed by atoms with Gasteiger partial charge in [0.2, 0.25) is 0 Å². The van der Waals surface area contributed by atoms with Gasteiger partial charge < -0.3 is 9.52 Å². The van der Waals surface area contributed by atoms with Gasteiger partial charge in [-0.25, -0.2) is 4.79 Å². The van der Waals surface area contributed by atoms with Crippen LogP contribution in [0.1, 0.15) is 25.1 Å². The van der Waals surface area contributed by atoms with E-state index in [1.807, 2.05) is 19.9 Å². The van der Waals surface area contributed by atoms with Crippen LogP contribution < -0.4 is 11.2 Å². The van der Waals surface area contributed by atoms with Crippen molar-refractivity contribution in [2.75, 3.05) is 0 Å². The number of nitrogens with zero attached hydrogens (tertiary/aromatic N) is 1. The van der Waals surface area contributed by atoms with Crippen LogP contribution in [0.25, 0.3) is 16.7 Å². The fraction of sp³-hybridized carbons (Fsp3) is 0.176. The minimum Gasteiger partial charge on any atom is -0.506 e. The number of benzene rings is 1. The zero-order valence-electron chi connectivity index (χ0n) is 12.7. The normalized spacial score (nSPS) is 14.7. The third-order valence-electron chi connectivity index (χ3n) is 4.51. The predicted octanol–water partition coefficient (Wildman–Crippen LogP) is 3.70. The lowest BCUT2D eigenvalue weighted by Crippen LogP contribution is -2.24. The van der Waals surface area contributed by atoms with E-state index in [1.54, 1.807) is 18.2 Å². The summed E-state index contributed by atoms with van der Waals surface area (Å²) in [6.45, 7) is 3.92. The number of pyridine rings is 1. The van der Waals surface area contributed by atoms with Gasteiger partial charge in [0, 0.05) is 22.2 Å². The molecule has 0 bridgehead atoms. The second-order valence-electron chi connectivity index (χ2n) is 6.25. The van der Waals surface area contributed by atoms with Crippen LogP contribution in [0.2, 0.25) is 5.02 Å². The van der Waals surface area contributed by atoms with Crippen LogP contribution in [0.5, 0.6) is 5.75 Å². The second-order valence-corrected chi connectivity index (χ2v) is 7.48. The monoisotopic (exact) mass is 407 g/mol. The summed E-state index contributed by atoms with van der Waals surface area (Å²) < 4.78 is 6.56. The van der Waals surface area contributed by atoms with E-state index in [2.05, 4.69) is 15.9 Å². The van der Waals surface area contributed by atoms with E-state index < -0.39 is 22.3 Å². The van der Waals surface area contributed by atoms with E-state index in [1.165, 1.54) is 4.57 Å². The van der Waals surface area contributed by atoms with Crippen molar-refractivity contribution in [2.24, 2.45) is 0 Å². The summed E-state index contributed by atoms with van der Waals surface area (Å²) >= 11 is 9.07. The Morgan fingerprint density at radius 3 is 2.67 bits per heavy atom. The number of halogens is 2. The highest BCUT2D eigenvalue weighted by Gasteiger charge is 2.38. The van der Waals surface area contributed by atoms with Gasteiger partial charge >= 0.3 is 5.63 Å². The Morgan fingerprint density at radius 2 is 1.96 bits per heavy atom. The van der Waals surface area contributed by atoms with Crippen molar-refractivity contribution in [2.45, 2.75) is 19.3 Å². The molecule has 0 atom stereocenters. The number of hydrogen-bond acceptors (Lipinski definition) is 4. The molecule has 5 nitrogen and oxygen atoms in total. The van der Waals surface area contributed by atoms with Crippen molar-refractivity contribution < 1.29 is 9.52 Å². The Hall–Kier alpha value is -2.05. The van der Waals surface area contributed by atoms with E-state index in [4.69, 9.17) is 16.0 Å². The van der Waals surface area contributed by atoms with Crippen LogP contribution in [0.15, 0.2) is 42.7 Å². The van der Waals surface area contributed by atoms with Gasteiger partial charge in [-0.3, -0.25) is 9.36 Å². The van der Waals surface area contributed by atoms with Crippen molar-refractivity contribution in [1.82, 2.24) is 4.57 Å². The van der Waals surface area contributed by atoms with E-state index in [0.717, 1.165) is 5.56 Å². The van der Waals surface area contributed by atoms with Crippen molar-refractivity contribution >= 4 is 38.5 Å². The second kappa shape index (κ2) is 4.74. The Balaban J connectivity index is 2.25. The van der Waals surface area contributed by atoms with E-state index in [9.17, 15) is 14.7 Å². The maximum atomic E-state index is 13.0. The summed E-state index contributed by atoms with van der Waals surface area (Å²) in [7, 11) is 0. The number of fused-ring (bicyclic) bond motifs is 4. The van der Waals surface area contributed by atoms with Crippen LogP contribution in [0, 0.1) is 0 Å². The molecule has 1 aromatic carbocycles. The average molecular weight is 409 g/mol. The van der Waals surface area contributed by atoms with Crippen molar-refractivity contribution in [3.8, 4) is 11.4 Å². The molecule has 7 heteroatoms. The summed E-state index contributed by atoms with van der Waals surface area (Å²) in [5, 5.41) is 10.8. The van der Waals surface area contributed by atoms with Gasteiger partial charge in [0.1, 0.15) is 15.4 Å². The molecule has 4 rings (SSSR count). The molecule has 0 saturated carbocycles. The molecule has 1 aliphatic heterocycles. The maximum absolute atomic E-state index is 13.0. The first-order valence-electron chi connectivity index (χ1n) is 7.15. The highest BCUT2D eigenvalue weighted by Crippen LogP contribution is 2.43. The minimum absolute atomic E-state index is 0.0381. The molecule has 2 aromatic heterocycles. The topological polar surface area (TPSA) is 72.4 Å². The van der Waals surface area contributed by atoms with E-state index in [0.29, 0.717) is 16.4 Å². The molecule has 3 heterocycles. The lowest BCUT2D eigenvalue weighted by Gasteiger charge is -2.20.